The maximum Gasteiger partial charge on any atom is 0.244 e. The third kappa shape index (κ3) is 4.76. The lowest BCUT2D eigenvalue weighted by atomic mass is 10.1. The third-order valence-electron chi connectivity index (χ3n) is 3.35. The fourth-order valence-corrected chi connectivity index (χ4v) is 2.59. The van der Waals surface area contributed by atoms with Crippen LogP contribution in [0.4, 0.5) is 11.4 Å². The highest BCUT2D eigenvalue weighted by molar-refractivity contribution is 9.10. The molecule has 0 aliphatic rings. The molecular weight excluding hydrogens is 372 g/mol. The Morgan fingerprint density at radius 2 is 1.75 bits per heavy atom. The number of hydrogen-bond acceptors (Lipinski definition) is 3. The molecule has 0 radical (unpaired) electrons. The molecule has 124 valence electrons. The largest absolute Gasteiger partial charge is 0.324 e. The van der Waals surface area contributed by atoms with Crippen LogP contribution in [0, 0.1) is 0 Å². The number of carbonyl (C=O) groups is 3. The fourth-order valence-electron chi connectivity index (χ4n) is 2.19. The van der Waals surface area contributed by atoms with E-state index in [1.165, 1.54) is 18.7 Å². The van der Waals surface area contributed by atoms with E-state index in [-0.39, 0.29) is 24.1 Å². The molecule has 0 aliphatic carbocycles. The molecule has 0 spiro atoms. The van der Waals surface area contributed by atoms with E-state index in [0.717, 1.165) is 4.47 Å². The number of hydrogen-bond donors (Lipinski definition) is 1. The zero-order valence-corrected chi connectivity index (χ0v) is 15.0. The maximum absolute atomic E-state index is 12.2. The average molecular weight is 389 g/mol. The molecule has 0 saturated carbocycles. The Morgan fingerprint density at radius 1 is 1.04 bits per heavy atom. The quantitative estimate of drug-likeness (QED) is 0.794. The molecular formula is C18H17BrN2O3. The summed E-state index contributed by atoms with van der Waals surface area (Å²) in [5, 5.41) is 2.75. The maximum atomic E-state index is 12.2. The van der Waals surface area contributed by atoms with Crippen molar-refractivity contribution < 1.29 is 14.4 Å². The molecule has 5 nitrogen and oxygen atoms in total. The van der Waals surface area contributed by atoms with Crippen LogP contribution in [0.15, 0.2) is 53.0 Å². The van der Waals surface area contributed by atoms with Gasteiger partial charge >= 0.3 is 0 Å². The number of anilines is 2. The van der Waals surface area contributed by atoms with Gasteiger partial charge in [0.1, 0.15) is 6.54 Å². The predicted molar refractivity (Wildman–Crippen MR) is 97.2 cm³/mol. The number of amides is 2. The van der Waals surface area contributed by atoms with Crippen molar-refractivity contribution in [2.24, 2.45) is 0 Å². The lowest BCUT2D eigenvalue weighted by Gasteiger charge is -2.21. The minimum atomic E-state index is -0.323. The van der Waals surface area contributed by atoms with Crippen molar-refractivity contribution in [2.45, 2.75) is 13.8 Å². The van der Waals surface area contributed by atoms with Crippen LogP contribution in [0.2, 0.25) is 0 Å². The number of ketones is 1. The first-order chi connectivity index (χ1) is 11.4. The number of halogens is 1. The van der Waals surface area contributed by atoms with Crippen molar-refractivity contribution in [3.8, 4) is 0 Å². The van der Waals surface area contributed by atoms with Crippen LogP contribution in [-0.2, 0) is 9.59 Å². The molecule has 0 fully saturated rings. The van der Waals surface area contributed by atoms with Gasteiger partial charge < -0.3 is 10.2 Å². The predicted octanol–water partition coefficient (Wildman–Crippen LogP) is 3.64. The summed E-state index contributed by atoms with van der Waals surface area (Å²) in [5.74, 6) is -0.699. The van der Waals surface area contributed by atoms with E-state index >= 15 is 0 Å². The third-order valence-corrected chi connectivity index (χ3v) is 3.85. The van der Waals surface area contributed by atoms with E-state index in [1.807, 2.05) is 6.07 Å². The van der Waals surface area contributed by atoms with Crippen molar-refractivity contribution in [3.05, 3.63) is 58.6 Å². The number of Topliss-reactive ketones (excluding diaryl/α,β-unsaturated/α-hetero) is 1. The molecule has 1 N–H and O–H groups in total. The molecule has 2 amide bonds. The summed E-state index contributed by atoms with van der Waals surface area (Å²) in [6, 6.07) is 13.9. The molecule has 0 bridgehead atoms. The molecule has 0 atom stereocenters. The smallest absolute Gasteiger partial charge is 0.244 e. The van der Waals surface area contributed by atoms with Crippen molar-refractivity contribution in [3.63, 3.8) is 0 Å². The molecule has 0 saturated heterocycles. The topological polar surface area (TPSA) is 66.5 Å². The van der Waals surface area contributed by atoms with Crippen LogP contribution in [0.1, 0.15) is 24.2 Å². The van der Waals surface area contributed by atoms with E-state index in [9.17, 15) is 14.4 Å². The lowest BCUT2D eigenvalue weighted by molar-refractivity contribution is -0.120. The van der Waals surface area contributed by atoms with E-state index in [0.29, 0.717) is 16.9 Å². The van der Waals surface area contributed by atoms with Crippen molar-refractivity contribution in [2.75, 3.05) is 16.8 Å². The number of rotatable bonds is 5. The summed E-state index contributed by atoms with van der Waals surface area (Å²) < 4.78 is 0.845. The minimum Gasteiger partial charge on any atom is -0.324 e. The van der Waals surface area contributed by atoms with Gasteiger partial charge in [-0.1, -0.05) is 34.1 Å². The Balaban J connectivity index is 2.16. The molecule has 2 aromatic carbocycles. The Bertz CT molecular complexity index is 789. The monoisotopic (exact) mass is 388 g/mol. The molecule has 2 aromatic rings. The molecule has 0 aromatic heterocycles. The highest BCUT2D eigenvalue weighted by Crippen LogP contribution is 2.18. The molecule has 0 unspecified atom stereocenters. The second kappa shape index (κ2) is 7.88. The van der Waals surface area contributed by atoms with E-state index in [2.05, 4.69) is 21.2 Å². The van der Waals surface area contributed by atoms with E-state index < -0.39 is 0 Å². The summed E-state index contributed by atoms with van der Waals surface area (Å²) in [7, 11) is 0. The molecule has 0 heterocycles. The average Bonchev–Trinajstić information content (AvgIpc) is 2.52. The number of nitrogens with one attached hydrogen (secondary N) is 1. The molecule has 2 rings (SSSR count). The number of nitrogens with zero attached hydrogens (tertiary/aromatic N) is 1. The van der Waals surface area contributed by atoms with Crippen LogP contribution in [0.25, 0.3) is 0 Å². The highest BCUT2D eigenvalue weighted by atomic mass is 79.9. The number of benzene rings is 2. The first-order valence-electron chi connectivity index (χ1n) is 7.31. The second-order valence-electron chi connectivity index (χ2n) is 5.27. The Morgan fingerprint density at radius 3 is 2.38 bits per heavy atom. The fraction of sp³-hybridized carbons (Fsp3) is 0.167. The number of carbonyl (C=O) groups excluding carboxylic acids is 3. The van der Waals surface area contributed by atoms with Crippen LogP contribution in [0.5, 0.6) is 0 Å². The van der Waals surface area contributed by atoms with Gasteiger partial charge in [0, 0.05) is 28.3 Å². The summed E-state index contributed by atoms with van der Waals surface area (Å²) in [4.78, 5) is 37.0. The van der Waals surface area contributed by atoms with Gasteiger partial charge in [-0.3, -0.25) is 14.4 Å². The van der Waals surface area contributed by atoms with Crippen LogP contribution < -0.4 is 10.2 Å². The minimum absolute atomic E-state index is 0.0982. The Labute approximate surface area is 148 Å². The first-order valence-corrected chi connectivity index (χ1v) is 8.10. The zero-order chi connectivity index (χ0) is 17.7. The summed E-state index contributed by atoms with van der Waals surface area (Å²) in [6.45, 7) is 2.70. The lowest BCUT2D eigenvalue weighted by Crippen LogP contribution is -2.36. The SMILES string of the molecule is CC(=O)c1cccc(N(CC(=O)Nc2cccc(Br)c2)C(C)=O)c1. The first kappa shape index (κ1) is 17.9. The molecule has 0 aliphatic heterocycles. The summed E-state index contributed by atoms with van der Waals surface area (Å²) in [5.41, 5.74) is 1.64. The zero-order valence-electron chi connectivity index (χ0n) is 13.4. The molecule has 6 heteroatoms. The van der Waals surface area contributed by atoms with Gasteiger partial charge in [0.25, 0.3) is 0 Å². The Kier molecular flexibility index (Phi) is 5.87. The Hall–Kier alpha value is -2.47. The van der Waals surface area contributed by atoms with Crippen molar-refractivity contribution in [1.82, 2.24) is 0 Å². The summed E-state index contributed by atoms with van der Waals surface area (Å²) >= 11 is 3.34. The van der Waals surface area contributed by atoms with Gasteiger partial charge in [-0.05, 0) is 37.3 Å². The van der Waals surface area contributed by atoms with Gasteiger partial charge in [0.05, 0.1) is 0 Å². The second-order valence-corrected chi connectivity index (χ2v) is 6.19. The standard InChI is InChI=1S/C18H17BrN2O3/c1-12(22)14-5-3-8-17(9-14)21(13(2)23)11-18(24)20-16-7-4-6-15(19)10-16/h3-10H,11H2,1-2H3,(H,20,24). The normalized spacial score (nSPS) is 10.1. The van der Waals surface area contributed by atoms with Crippen LogP contribution in [-0.4, -0.2) is 24.1 Å². The highest BCUT2D eigenvalue weighted by Gasteiger charge is 2.17. The van der Waals surface area contributed by atoms with Gasteiger partial charge in [-0.2, -0.15) is 0 Å². The van der Waals surface area contributed by atoms with Crippen LogP contribution in [0.3, 0.4) is 0 Å². The van der Waals surface area contributed by atoms with Gasteiger partial charge in [-0.25, -0.2) is 0 Å². The van der Waals surface area contributed by atoms with Crippen LogP contribution >= 0.6 is 15.9 Å². The van der Waals surface area contributed by atoms with Gasteiger partial charge in [-0.15, -0.1) is 0 Å². The van der Waals surface area contributed by atoms with Gasteiger partial charge in [0.2, 0.25) is 11.8 Å². The van der Waals surface area contributed by atoms with Gasteiger partial charge in [0.15, 0.2) is 5.78 Å². The van der Waals surface area contributed by atoms with E-state index in [4.69, 9.17) is 0 Å². The molecule has 24 heavy (non-hydrogen) atoms. The van der Waals surface area contributed by atoms with Crippen molar-refractivity contribution >= 4 is 44.9 Å². The summed E-state index contributed by atoms with van der Waals surface area (Å²) in [6.07, 6.45) is 0. The van der Waals surface area contributed by atoms with E-state index in [1.54, 1.807) is 42.5 Å². The van der Waals surface area contributed by atoms with Crippen molar-refractivity contribution in [1.29, 1.82) is 0 Å².